The Labute approximate surface area is 165 Å². The van der Waals surface area contributed by atoms with Crippen LogP contribution >= 0.6 is 0 Å². The molecule has 6 heteroatoms. The Morgan fingerprint density at radius 1 is 1.07 bits per heavy atom. The lowest BCUT2D eigenvalue weighted by Gasteiger charge is -2.10. The van der Waals surface area contributed by atoms with Crippen molar-refractivity contribution in [2.24, 2.45) is 0 Å². The molecule has 2 amide bonds. The molecule has 0 saturated heterocycles. The number of ether oxygens (including phenoxy) is 2. The maximum absolute atomic E-state index is 12.3. The lowest BCUT2D eigenvalue weighted by atomic mass is 10.1. The minimum absolute atomic E-state index is 0.234. The van der Waals surface area contributed by atoms with Crippen LogP contribution in [-0.2, 0) is 9.53 Å². The lowest BCUT2D eigenvalue weighted by Crippen LogP contribution is -2.26. The number of rotatable bonds is 10. The van der Waals surface area contributed by atoms with Gasteiger partial charge in [-0.25, -0.2) is 0 Å². The van der Waals surface area contributed by atoms with E-state index in [-0.39, 0.29) is 11.8 Å². The summed E-state index contributed by atoms with van der Waals surface area (Å²) < 4.78 is 10.4. The molecule has 0 fully saturated rings. The van der Waals surface area contributed by atoms with E-state index in [2.05, 4.69) is 10.6 Å². The monoisotopic (exact) mass is 382 g/mol. The van der Waals surface area contributed by atoms with Crippen molar-refractivity contribution in [2.45, 2.75) is 13.3 Å². The van der Waals surface area contributed by atoms with Gasteiger partial charge in [-0.15, -0.1) is 0 Å². The predicted molar refractivity (Wildman–Crippen MR) is 111 cm³/mol. The largest absolute Gasteiger partial charge is 0.494 e. The minimum atomic E-state index is -0.312. The van der Waals surface area contributed by atoms with Gasteiger partial charge in [0.2, 0.25) is 5.91 Å². The minimum Gasteiger partial charge on any atom is -0.494 e. The van der Waals surface area contributed by atoms with Crippen LogP contribution in [0, 0.1) is 0 Å². The van der Waals surface area contributed by atoms with Crippen molar-refractivity contribution in [2.75, 3.05) is 32.2 Å². The van der Waals surface area contributed by atoms with Gasteiger partial charge in [0.15, 0.2) is 0 Å². The first-order valence-corrected chi connectivity index (χ1v) is 9.22. The third kappa shape index (κ3) is 6.89. The van der Waals surface area contributed by atoms with Gasteiger partial charge in [0.05, 0.1) is 17.9 Å². The molecule has 148 valence electrons. The zero-order valence-corrected chi connectivity index (χ0v) is 16.2. The normalized spacial score (nSPS) is 10.6. The van der Waals surface area contributed by atoms with E-state index in [4.69, 9.17) is 9.47 Å². The number of hydrogen-bond donors (Lipinski definition) is 2. The topological polar surface area (TPSA) is 76.7 Å². The number of amides is 2. The van der Waals surface area contributed by atoms with Crippen molar-refractivity contribution in [3.63, 3.8) is 0 Å². The molecule has 2 aromatic rings. The van der Waals surface area contributed by atoms with E-state index in [1.54, 1.807) is 37.5 Å². The summed E-state index contributed by atoms with van der Waals surface area (Å²) in [6, 6.07) is 14.4. The molecule has 0 radical (unpaired) electrons. The molecule has 28 heavy (non-hydrogen) atoms. The van der Waals surface area contributed by atoms with E-state index in [0.717, 1.165) is 17.7 Å². The van der Waals surface area contributed by atoms with Gasteiger partial charge in [-0.1, -0.05) is 24.3 Å². The van der Waals surface area contributed by atoms with Gasteiger partial charge >= 0.3 is 0 Å². The van der Waals surface area contributed by atoms with E-state index >= 15 is 0 Å². The highest BCUT2D eigenvalue weighted by Gasteiger charge is 2.11. The highest BCUT2D eigenvalue weighted by molar-refractivity contribution is 6.07. The van der Waals surface area contributed by atoms with Crippen LogP contribution in [0.25, 0.3) is 6.08 Å². The van der Waals surface area contributed by atoms with Gasteiger partial charge in [-0.3, -0.25) is 9.59 Å². The van der Waals surface area contributed by atoms with Crippen LogP contribution in [0.5, 0.6) is 5.75 Å². The number of methoxy groups -OCH3 is 1. The van der Waals surface area contributed by atoms with Crippen LogP contribution in [0.15, 0.2) is 54.6 Å². The second kappa shape index (κ2) is 11.6. The molecule has 0 unspecified atom stereocenters. The predicted octanol–water partition coefficient (Wildman–Crippen LogP) is 3.50. The molecule has 2 rings (SSSR count). The molecule has 0 saturated carbocycles. The van der Waals surface area contributed by atoms with Gasteiger partial charge in [0.25, 0.3) is 5.91 Å². The van der Waals surface area contributed by atoms with Gasteiger partial charge in [-0.2, -0.15) is 0 Å². The standard InChI is InChI=1S/C22H26N2O4/c1-3-28-18-12-9-17(10-13-18)11-14-21(25)24-20-8-5-4-7-19(20)22(26)23-15-6-16-27-2/h4-5,7-14H,3,6,15-16H2,1-2H3,(H,23,26)(H,24,25)/b14-11+. The van der Waals surface area contributed by atoms with E-state index in [1.165, 1.54) is 6.08 Å². The van der Waals surface area contributed by atoms with Gasteiger partial charge in [0.1, 0.15) is 5.75 Å². The molecule has 0 atom stereocenters. The van der Waals surface area contributed by atoms with Crippen molar-refractivity contribution in [3.8, 4) is 5.75 Å². The second-order valence-corrected chi connectivity index (χ2v) is 5.97. The molecular formula is C22H26N2O4. The fraction of sp³-hybridized carbons (Fsp3) is 0.273. The second-order valence-electron chi connectivity index (χ2n) is 5.97. The van der Waals surface area contributed by atoms with Crippen molar-refractivity contribution in [3.05, 3.63) is 65.7 Å². The smallest absolute Gasteiger partial charge is 0.253 e. The highest BCUT2D eigenvalue weighted by atomic mass is 16.5. The first-order chi connectivity index (χ1) is 13.6. The number of para-hydroxylation sites is 1. The number of carbonyl (C=O) groups excluding carboxylic acids is 2. The summed E-state index contributed by atoms with van der Waals surface area (Å²) >= 11 is 0. The molecule has 0 spiro atoms. The summed E-state index contributed by atoms with van der Waals surface area (Å²) in [5.41, 5.74) is 1.76. The molecule has 0 heterocycles. The summed E-state index contributed by atoms with van der Waals surface area (Å²) in [7, 11) is 1.62. The zero-order chi connectivity index (χ0) is 20.2. The van der Waals surface area contributed by atoms with Gasteiger partial charge < -0.3 is 20.1 Å². The van der Waals surface area contributed by atoms with Crippen LogP contribution < -0.4 is 15.4 Å². The molecule has 0 aliphatic carbocycles. The Balaban J connectivity index is 1.96. The Kier molecular flexibility index (Phi) is 8.75. The summed E-state index contributed by atoms with van der Waals surface area (Å²) in [6.07, 6.45) is 3.86. The summed E-state index contributed by atoms with van der Waals surface area (Å²) in [5.74, 6) is 0.241. The fourth-order valence-electron chi connectivity index (χ4n) is 2.49. The van der Waals surface area contributed by atoms with Crippen LogP contribution in [0.1, 0.15) is 29.3 Å². The van der Waals surface area contributed by atoms with Crippen molar-refractivity contribution in [1.82, 2.24) is 5.32 Å². The van der Waals surface area contributed by atoms with Crippen LogP contribution in [0.2, 0.25) is 0 Å². The van der Waals surface area contributed by atoms with Crippen molar-refractivity contribution < 1.29 is 19.1 Å². The molecule has 0 aromatic heterocycles. The van der Waals surface area contributed by atoms with Crippen LogP contribution in [0.4, 0.5) is 5.69 Å². The van der Waals surface area contributed by atoms with Crippen LogP contribution in [0.3, 0.4) is 0 Å². The number of nitrogens with one attached hydrogen (secondary N) is 2. The number of hydrogen-bond acceptors (Lipinski definition) is 4. The lowest BCUT2D eigenvalue weighted by molar-refractivity contribution is -0.111. The average Bonchev–Trinajstić information content (AvgIpc) is 2.71. The Hall–Kier alpha value is -3.12. The molecule has 2 N–H and O–H groups in total. The zero-order valence-electron chi connectivity index (χ0n) is 16.2. The van der Waals surface area contributed by atoms with Gasteiger partial charge in [-0.05, 0) is 49.2 Å². The molecule has 2 aromatic carbocycles. The summed E-state index contributed by atoms with van der Waals surface area (Å²) in [5, 5.41) is 5.58. The Morgan fingerprint density at radius 3 is 2.54 bits per heavy atom. The molecule has 6 nitrogen and oxygen atoms in total. The summed E-state index contributed by atoms with van der Waals surface area (Å²) in [4.78, 5) is 24.6. The van der Waals surface area contributed by atoms with E-state index in [1.807, 2.05) is 31.2 Å². The average molecular weight is 382 g/mol. The van der Waals surface area contributed by atoms with Crippen molar-refractivity contribution in [1.29, 1.82) is 0 Å². The maximum Gasteiger partial charge on any atom is 0.253 e. The third-order valence-electron chi connectivity index (χ3n) is 3.86. The Bertz CT molecular complexity index is 800. The van der Waals surface area contributed by atoms with E-state index in [0.29, 0.717) is 31.0 Å². The molecule has 0 aliphatic rings. The molecule has 0 aliphatic heterocycles. The first kappa shape index (κ1) is 21.2. The quantitative estimate of drug-likeness (QED) is 0.487. The highest BCUT2D eigenvalue weighted by Crippen LogP contribution is 2.16. The number of anilines is 1. The first-order valence-electron chi connectivity index (χ1n) is 9.22. The summed E-state index contributed by atoms with van der Waals surface area (Å²) in [6.45, 7) is 3.62. The van der Waals surface area contributed by atoms with E-state index < -0.39 is 0 Å². The van der Waals surface area contributed by atoms with Gasteiger partial charge in [0, 0.05) is 26.3 Å². The van der Waals surface area contributed by atoms with E-state index in [9.17, 15) is 9.59 Å². The maximum atomic E-state index is 12.3. The Morgan fingerprint density at radius 2 is 1.82 bits per heavy atom. The van der Waals surface area contributed by atoms with Crippen LogP contribution in [-0.4, -0.2) is 38.7 Å². The SMILES string of the molecule is CCOc1ccc(/C=C/C(=O)Nc2ccccc2C(=O)NCCCOC)cc1. The number of benzene rings is 2. The fourth-order valence-corrected chi connectivity index (χ4v) is 2.49. The third-order valence-corrected chi connectivity index (χ3v) is 3.86. The number of carbonyl (C=O) groups is 2. The van der Waals surface area contributed by atoms with Crippen molar-refractivity contribution >= 4 is 23.6 Å². The molecular weight excluding hydrogens is 356 g/mol. The molecule has 0 bridgehead atoms.